The zero-order valence-electron chi connectivity index (χ0n) is 10.6. The van der Waals surface area contributed by atoms with Crippen molar-refractivity contribution >= 4 is 33.6 Å². The maximum atomic E-state index is 11.8. The Morgan fingerprint density at radius 3 is 2.83 bits per heavy atom. The van der Waals surface area contributed by atoms with Gasteiger partial charge in [0.05, 0.1) is 5.75 Å². The second-order valence-electron chi connectivity index (χ2n) is 4.09. The summed E-state index contributed by atoms with van der Waals surface area (Å²) in [6.07, 6.45) is 0.629. The van der Waals surface area contributed by atoms with Crippen LogP contribution in [0.2, 0.25) is 0 Å². The van der Waals surface area contributed by atoms with Gasteiger partial charge >= 0.3 is 0 Å². The van der Waals surface area contributed by atoms with Crippen molar-refractivity contribution in [2.24, 2.45) is 0 Å². The highest BCUT2D eigenvalue weighted by molar-refractivity contribution is 9.10. The highest BCUT2D eigenvalue weighted by atomic mass is 79.9. The molecular weight excluding hydrogens is 314 g/mol. The maximum Gasteiger partial charge on any atom is 0.232 e. The van der Waals surface area contributed by atoms with Crippen LogP contribution in [0.5, 0.6) is 0 Å². The summed E-state index contributed by atoms with van der Waals surface area (Å²) in [5.74, 6) is 0.528. The summed E-state index contributed by atoms with van der Waals surface area (Å²) in [5.41, 5.74) is 1.17. The number of amides is 1. The topological polar surface area (TPSA) is 40.5 Å². The number of hydrogen-bond acceptors (Lipinski definition) is 3. The van der Waals surface area contributed by atoms with E-state index in [2.05, 4.69) is 15.9 Å². The fourth-order valence-electron chi connectivity index (χ4n) is 1.46. The Morgan fingerprint density at radius 1 is 1.50 bits per heavy atom. The number of aliphatic hydroxyl groups excluding tert-OH is 1. The van der Waals surface area contributed by atoms with Crippen LogP contribution in [0.15, 0.2) is 27.6 Å². The predicted octanol–water partition coefficient (Wildman–Crippen LogP) is 2.69. The van der Waals surface area contributed by atoms with E-state index in [4.69, 9.17) is 5.11 Å². The molecule has 3 nitrogen and oxygen atoms in total. The van der Waals surface area contributed by atoms with Crippen LogP contribution >= 0.6 is 27.7 Å². The molecule has 1 aromatic rings. The number of benzene rings is 1. The van der Waals surface area contributed by atoms with Crippen LogP contribution in [0.4, 0.5) is 0 Å². The fourth-order valence-corrected chi connectivity index (χ4v) is 2.88. The third-order valence-electron chi connectivity index (χ3n) is 2.57. The van der Waals surface area contributed by atoms with Crippen LogP contribution in [0.25, 0.3) is 0 Å². The van der Waals surface area contributed by atoms with Crippen LogP contribution in [-0.2, 0) is 4.79 Å². The Kier molecular flexibility index (Phi) is 6.75. The van der Waals surface area contributed by atoms with Gasteiger partial charge in [-0.2, -0.15) is 0 Å². The Balaban J connectivity index is 2.47. The molecule has 0 saturated carbocycles. The molecule has 0 aliphatic heterocycles. The van der Waals surface area contributed by atoms with Crippen LogP contribution in [-0.4, -0.2) is 41.9 Å². The van der Waals surface area contributed by atoms with Crippen molar-refractivity contribution in [2.75, 3.05) is 26.0 Å². The monoisotopic (exact) mass is 331 g/mol. The van der Waals surface area contributed by atoms with Crippen molar-refractivity contribution in [3.63, 3.8) is 0 Å². The highest BCUT2D eigenvalue weighted by Crippen LogP contribution is 2.25. The molecule has 0 radical (unpaired) electrons. The lowest BCUT2D eigenvalue weighted by Crippen LogP contribution is -2.29. The van der Waals surface area contributed by atoms with Crippen molar-refractivity contribution in [1.29, 1.82) is 0 Å². The molecule has 0 heterocycles. The lowest BCUT2D eigenvalue weighted by atomic mass is 10.2. The SMILES string of the molecule is Cc1cc(Br)ccc1SCC(=O)N(C)CCCO. The molecule has 0 saturated heterocycles. The van der Waals surface area contributed by atoms with E-state index in [1.165, 1.54) is 5.56 Å². The van der Waals surface area contributed by atoms with Gasteiger partial charge in [-0.25, -0.2) is 0 Å². The minimum Gasteiger partial charge on any atom is -0.396 e. The lowest BCUT2D eigenvalue weighted by Gasteiger charge is -2.16. The van der Waals surface area contributed by atoms with Gasteiger partial charge in [0.1, 0.15) is 0 Å². The Bertz CT molecular complexity index is 412. The Morgan fingerprint density at radius 2 is 2.22 bits per heavy atom. The van der Waals surface area contributed by atoms with Crippen LogP contribution in [0, 0.1) is 6.92 Å². The maximum absolute atomic E-state index is 11.8. The zero-order valence-corrected chi connectivity index (χ0v) is 13.1. The van der Waals surface area contributed by atoms with Gasteiger partial charge in [-0.3, -0.25) is 4.79 Å². The number of halogens is 1. The number of rotatable bonds is 6. The number of aliphatic hydroxyl groups is 1. The standard InChI is InChI=1S/C13H18BrNO2S/c1-10-8-11(14)4-5-12(10)18-9-13(17)15(2)6-3-7-16/h4-5,8,16H,3,6-7,9H2,1-2H3. The summed E-state index contributed by atoms with van der Waals surface area (Å²) in [7, 11) is 1.77. The number of nitrogens with zero attached hydrogens (tertiary/aromatic N) is 1. The Hall–Kier alpha value is -0.520. The van der Waals surface area contributed by atoms with Gasteiger partial charge in [-0.05, 0) is 37.1 Å². The minimum absolute atomic E-state index is 0.0933. The molecule has 18 heavy (non-hydrogen) atoms. The summed E-state index contributed by atoms with van der Waals surface area (Å²) in [6.45, 7) is 2.76. The molecule has 0 aliphatic rings. The number of carbonyl (C=O) groups is 1. The first-order valence-corrected chi connectivity index (χ1v) is 7.56. The van der Waals surface area contributed by atoms with Gasteiger partial charge in [0.25, 0.3) is 0 Å². The van der Waals surface area contributed by atoms with E-state index in [1.54, 1.807) is 23.7 Å². The number of thioether (sulfide) groups is 1. The largest absolute Gasteiger partial charge is 0.396 e. The molecule has 1 aromatic carbocycles. The summed E-state index contributed by atoms with van der Waals surface area (Å²) >= 11 is 4.97. The van der Waals surface area contributed by atoms with E-state index in [-0.39, 0.29) is 12.5 Å². The molecule has 1 rings (SSSR count). The molecule has 5 heteroatoms. The number of hydrogen-bond donors (Lipinski definition) is 1. The smallest absolute Gasteiger partial charge is 0.232 e. The third-order valence-corrected chi connectivity index (χ3v) is 4.22. The van der Waals surface area contributed by atoms with E-state index in [9.17, 15) is 4.79 Å². The molecule has 0 aromatic heterocycles. The zero-order chi connectivity index (χ0) is 13.5. The average molecular weight is 332 g/mol. The molecule has 0 bridgehead atoms. The summed E-state index contributed by atoms with van der Waals surface area (Å²) in [6, 6.07) is 6.04. The second-order valence-corrected chi connectivity index (χ2v) is 6.02. The lowest BCUT2D eigenvalue weighted by molar-refractivity contribution is -0.127. The van der Waals surface area contributed by atoms with Crippen LogP contribution in [0.1, 0.15) is 12.0 Å². The van der Waals surface area contributed by atoms with E-state index in [0.717, 1.165) is 9.37 Å². The van der Waals surface area contributed by atoms with E-state index in [0.29, 0.717) is 18.7 Å². The molecule has 0 atom stereocenters. The van der Waals surface area contributed by atoms with Gasteiger partial charge in [0, 0.05) is 29.6 Å². The van der Waals surface area contributed by atoms with Crippen molar-refractivity contribution in [1.82, 2.24) is 4.90 Å². The van der Waals surface area contributed by atoms with E-state index >= 15 is 0 Å². The van der Waals surface area contributed by atoms with Crippen molar-refractivity contribution < 1.29 is 9.90 Å². The first-order valence-electron chi connectivity index (χ1n) is 5.78. The predicted molar refractivity (Wildman–Crippen MR) is 78.9 cm³/mol. The minimum atomic E-state index is 0.0933. The third kappa shape index (κ3) is 5.00. The summed E-state index contributed by atoms with van der Waals surface area (Å²) in [5, 5.41) is 8.72. The molecular formula is C13H18BrNO2S. The van der Waals surface area contributed by atoms with E-state index in [1.807, 2.05) is 25.1 Å². The summed E-state index contributed by atoms with van der Waals surface area (Å²) < 4.78 is 1.05. The Labute approximate surface area is 121 Å². The van der Waals surface area contributed by atoms with Gasteiger partial charge < -0.3 is 10.0 Å². The van der Waals surface area contributed by atoms with Gasteiger partial charge in [-0.15, -0.1) is 11.8 Å². The second kappa shape index (κ2) is 7.81. The van der Waals surface area contributed by atoms with Crippen molar-refractivity contribution in [3.05, 3.63) is 28.2 Å². The first kappa shape index (κ1) is 15.5. The van der Waals surface area contributed by atoms with Gasteiger partial charge in [-0.1, -0.05) is 15.9 Å². The molecule has 0 aliphatic carbocycles. The van der Waals surface area contributed by atoms with Crippen molar-refractivity contribution in [2.45, 2.75) is 18.2 Å². The molecule has 1 amide bonds. The van der Waals surface area contributed by atoms with E-state index < -0.39 is 0 Å². The first-order chi connectivity index (χ1) is 8.54. The van der Waals surface area contributed by atoms with Crippen molar-refractivity contribution in [3.8, 4) is 0 Å². The molecule has 0 spiro atoms. The molecule has 0 unspecified atom stereocenters. The van der Waals surface area contributed by atoms with Crippen LogP contribution < -0.4 is 0 Å². The average Bonchev–Trinajstić information content (AvgIpc) is 2.34. The number of carbonyl (C=O) groups excluding carboxylic acids is 1. The molecule has 1 N–H and O–H groups in total. The fraction of sp³-hybridized carbons (Fsp3) is 0.462. The van der Waals surface area contributed by atoms with Gasteiger partial charge in [0.15, 0.2) is 0 Å². The molecule has 100 valence electrons. The van der Waals surface area contributed by atoms with Crippen LogP contribution in [0.3, 0.4) is 0 Å². The quantitative estimate of drug-likeness (QED) is 0.815. The van der Waals surface area contributed by atoms with Gasteiger partial charge in [0.2, 0.25) is 5.91 Å². The molecule has 0 fully saturated rings. The number of aryl methyl sites for hydroxylation is 1. The summed E-state index contributed by atoms with van der Waals surface area (Å²) in [4.78, 5) is 14.6. The highest BCUT2D eigenvalue weighted by Gasteiger charge is 2.09. The normalized spacial score (nSPS) is 10.4.